The number of aromatic nitrogens is 2. The summed E-state index contributed by atoms with van der Waals surface area (Å²) in [5.41, 5.74) is 3.02. The highest BCUT2D eigenvalue weighted by atomic mass is 32.2. The number of fused-ring (bicyclic) bond motifs is 1. The van der Waals surface area contributed by atoms with E-state index in [1.807, 2.05) is 24.3 Å². The van der Waals surface area contributed by atoms with Crippen molar-refractivity contribution < 1.29 is 13.2 Å². The highest BCUT2D eigenvalue weighted by molar-refractivity contribution is 7.89. The molecule has 0 aliphatic carbocycles. The van der Waals surface area contributed by atoms with Gasteiger partial charge < -0.3 is 15.5 Å². The molecule has 0 unspecified atom stereocenters. The Morgan fingerprint density at radius 1 is 1.03 bits per heavy atom. The second kappa shape index (κ2) is 8.74. The summed E-state index contributed by atoms with van der Waals surface area (Å²) in [6.07, 6.45) is 2.24. The molecule has 0 bridgehead atoms. The molecular weight excluding hydrogens is 438 g/mol. The van der Waals surface area contributed by atoms with Crippen LogP contribution in [0.15, 0.2) is 59.5 Å². The number of carbonyl (C=O) groups is 1. The van der Waals surface area contributed by atoms with Crippen LogP contribution >= 0.6 is 0 Å². The Hall–Kier alpha value is -3.01. The first-order valence-corrected chi connectivity index (χ1v) is 12.6. The quantitative estimate of drug-likeness (QED) is 0.602. The molecule has 0 radical (unpaired) electrons. The van der Waals surface area contributed by atoms with Gasteiger partial charge in [-0.2, -0.15) is 12.5 Å². The third kappa shape index (κ3) is 4.19. The van der Waals surface area contributed by atoms with Crippen LogP contribution in [-0.4, -0.2) is 48.5 Å². The second-order valence-electron chi connectivity index (χ2n) is 8.69. The summed E-state index contributed by atoms with van der Waals surface area (Å²) in [7, 11) is -1.71. The molecule has 0 spiro atoms. The maximum atomic E-state index is 13.1. The van der Waals surface area contributed by atoms with Crippen LogP contribution in [0.4, 0.5) is 5.82 Å². The van der Waals surface area contributed by atoms with Crippen LogP contribution in [0.1, 0.15) is 45.9 Å². The maximum absolute atomic E-state index is 13.1. The number of amides is 1. The highest BCUT2D eigenvalue weighted by Crippen LogP contribution is 2.29. The minimum Gasteiger partial charge on any atom is -0.307 e. The molecule has 2 N–H and O–H groups in total. The minimum atomic E-state index is -3.86. The lowest BCUT2D eigenvalue weighted by Crippen LogP contribution is -2.29. The molecule has 0 saturated carbocycles. The maximum Gasteiger partial charge on any atom is 0.283 e. The van der Waals surface area contributed by atoms with Gasteiger partial charge in [0.2, 0.25) is 0 Å². The molecule has 5 rings (SSSR count). The number of benzene rings is 2. The smallest absolute Gasteiger partial charge is 0.283 e. The van der Waals surface area contributed by atoms with Crippen molar-refractivity contribution in [2.45, 2.75) is 36.7 Å². The summed E-state index contributed by atoms with van der Waals surface area (Å²) in [5.74, 6) is 0.492. The minimum absolute atomic E-state index is 0.157. The van der Waals surface area contributed by atoms with Crippen LogP contribution < -0.4 is 10.6 Å². The van der Waals surface area contributed by atoms with Gasteiger partial charge in [0.1, 0.15) is 0 Å². The topological polar surface area (TPSA) is 96.3 Å². The summed E-state index contributed by atoms with van der Waals surface area (Å²) >= 11 is 0. The van der Waals surface area contributed by atoms with E-state index in [-0.39, 0.29) is 16.6 Å². The van der Waals surface area contributed by atoms with Crippen molar-refractivity contribution in [1.82, 2.24) is 19.4 Å². The molecule has 0 atom stereocenters. The van der Waals surface area contributed by atoms with E-state index in [0.717, 1.165) is 30.0 Å². The van der Waals surface area contributed by atoms with Crippen molar-refractivity contribution in [3.05, 3.63) is 77.0 Å². The van der Waals surface area contributed by atoms with Crippen LogP contribution in [0.3, 0.4) is 0 Å². The monoisotopic (exact) mass is 465 g/mol. The Labute approximate surface area is 193 Å². The van der Waals surface area contributed by atoms with Gasteiger partial charge in [-0.3, -0.25) is 4.79 Å². The highest BCUT2D eigenvalue weighted by Gasteiger charge is 2.30. The van der Waals surface area contributed by atoms with Crippen molar-refractivity contribution >= 4 is 21.7 Å². The van der Waals surface area contributed by atoms with Gasteiger partial charge in [-0.25, -0.2) is 0 Å². The Kier molecular flexibility index (Phi) is 5.77. The van der Waals surface area contributed by atoms with E-state index in [1.54, 1.807) is 18.2 Å². The molecule has 2 aliphatic rings. The van der Waals surface area contributed by atoms with Gasteiger partial charge in [0.05, 0.1) is 10.6 Å². The zero-order valence-corrected chi connectivity index (χ0v) is 19.3. The molecule has 172 valence electrons. The molecule has 1 saturated heterocycles. The van der Waals surface area contributed by atoms with E-state index in [9.17, 15) is 13.2 Å². The Morgan fingerprint density at radius 3 is 2.42 bits per heavy atom. The van der Waals surface area contributed by atoms with Crippen molar-refractivity contribution in [2.75, 3.05) is 25.5 Å². The van der Waals surface area contributed by atoms with E-state index in [2.05, 4.69) is 27.7 Å². The Balaban J connectivity index is 1.37. The van der Waals surface area contributed by atoms with Gasteiger partial charge in [0, 0.05) is 24.2 Å². The van der Waals surface area contributed by atoms with Gasteiger partial charge in [-0.1, -0.05) is 30.3 Å². The van der Waals surface area contributed by atoms with E-state index >= 15 is 0 Å². The predicted octanol–water partition coefficient (Wildman–Crippen LogP) is 2.78. The lowest BCUT2D eigenvalue weighted by atomic mass is 9.89. The van der Waals surface area contributed by atoms with Crippen molar-refractivity contribution in [1.29, 1.82) is 0 Å². The number of anilines is 1. The predicted molar refractivity (Wildman–Crippen MR) is 126 cm³/mol. The summed E-state index contributed by atoms with van der Waals surface area (Å²) in [4.78, 5) is 15.4. The number of rotatable bonds is 5. The fourth-order valence-corrected chi connectivity index (χ4v) is 5.90. The van der Waals surface area contributed by atoms with Gasteiger partial charge >= 0.3 is 0 Å². The SMILES string of the molecule is CN1CCC(c2ccc(C(=O)Nc3nn(S(=O)(=O)c4ccccc4)c4c3CNC4)cc2)CC1. The molecule has 2 aliphatic heterocycles. The van der Waals surface area contributed by atoms with E-state index in [0.29, 0.717) is 35.8 Å². The van der Waals surface area contributed by atoms with Gasteiger partial charge in [0.15, 0.2) is 5.82 Å². The number of piperidine rings is 1. The number of likely N-dealkylation sites (tertiary alicyclic amines) is 1. The summed E-state index contributed by atoms with van der Waals surface area (Å²) < 4.78 is 27.3. The molecule has 33 heavy (non-hydrogen) atoms. The summed E-state index contributed by atoms with van der Waals surface area (Å²) in [6, 6.07) is 15.9. The molecule has 8 nitrogen and oxygen atoms in total. The van der Waals surface area contributed by atoms with Crippen molar-refractivity contribution in [2.24, 2.45) is 0 Å². The fourth-order valence-electron chi connectivity index (χ4n) is 4.55. The zero-order chi connectivity index (χ0) is 23.0. The first-order valence-electron chi connectivity index (χ1n) is 11.2. The standard InChI is InChI=1S/C24H27N5O3S/c1-28-13-11-18(12-14-28)17-7-9-19(10-8-17)24(30)26-23-21-15-25-16-22(21)29(27-23)33(31,32)20-5-3-2-4-6-20/h2-10,18,25H,11-16H2,1H3,(H,26,27,30). The second-order valence-corrected chi connectivity index (χ2v) is 10.5. The molecule has 1 amide bonds. The number of nitrogens with zero attached hydrogens (tertiary/aromatic N) is 3. The van der Waals surface area contributed by atoms with Crippen LogP contribution in [0.25, 0.3) is 0 Å². The normalized spacial score (nSPS) is 17.1. The number of carbonyl (C=O) groups excluding carboxylic acids is 1. The lowest BCUT2D eigenvalue weighted by molar-refractivity contribution is 0.102. The van der Waals surface area contributed by atoms with E-state index in [4.69, 9.17) is 0 Å². The zero-order valence-electron chi connectivity index (χ0n) is 18.5. The van der Waals surface area contributed by atoms with Gasteiger partial charge in [0.25, 0.3) is 15.9 Å². The van der Waals surface area contributed by atoms with Crippen LogP contribution in [-0.2, 0) is 23.1 Å². The van der Waals surface area contributed by atoms with Gasteiger partial charge in [-0.15, -0.1) is 5.10 Å². The van der Waals surface area contributed by atoms with Crippen molar-refractivity contribution in [3.8, 4) is 0 Å². The number of hydrogen-bond acceptors (Lipinski definition) is 6. The molecule has 3 aromatic rings. The fraction of sp³-hybridized carbons (Fsp3) is 0.333. The average molecular weight is 466 g/mol. The Morgan fingerprint density at radius 2 is 1.73 bits per heavy atom. The van der Waals surface area contributed by atoms with Crippen LogP contribution in [0.5, 0.6) is 0 Å². The number of nitrogens with one attached hydrogen (secondary N) is 2. The third-order valence-corrected chi connectivity index (χ3v) is 8.14. The van der Waals surface area contributed by atoms with Gasteiger partial charge in [-0.05, 0) is 68.7 Å². The molecule has 2 aromatic carbocycles. The lowest BCUT2D eigenvalue weighted by Gasteiger charge is -2.29. The first kappa shape index (κ1) is 21.8. The van der Waals surface area contributed by atoms with Crippen molar-refractivity contribution in [3.63, 3.8) is 0 Å². The molecule has 1 aromatic heterocycles. The first-order chi connectivity index (χ1) is 15.9. The largest absolute Gasteiger partial charge is 0.307 e. The third-order valence-electron chi connectivity index (χ3n) is 6.51. The Bertz CT molecular complexity index is 1260. The number of hydrogen-bond donors (Lipinski definition) is 2. The van der Waals surface area contributed by atoms with Crippen LogP contribution in [0.2, 0.25) is 0 Å². The molecule has 9 heteroatoms. The molecule has 1 fully saturated rings. The molecular formula is C24H27N5O3S. The molecule has 3 heterocycles. The summed E-state index contributed by atoms with van der Waals surface area (Å²) in [5, 5.41) is 10.3. The van der Waals surface area contributed by atoms with E-state index < -0.39 is 10.0 Å². The van der Waals surface area contributed by atoms with E-state index in [1.165, 1.54) is 17.7 Å². The summed E-state index contributed by atoms with van der Waals surface area (Å²) in [6.45, 7) is 2.99. The average Bonchev–Trinajstić information content (AvgIpc) is 3.44. The van der Waals surface area contributed by atoms with Crippen LogP contribution in [0, 0.1) is 0 Å².